The van der Waals surface area contributed by atoms with Crippen molar-refractivity contribution in [2.45, 2.75) is 6.92 Å². The number of ether oxygens (including phenoxy) is 1. The molecule has 0 unspecified atom stereocenters. The van der Waals surface area contributed by atoms with Crippen LogP contribution in [-0.2, 0) is 0 Å². The Labute approximate surface area is 113 Å². The lowest BCUT2D eigenvalue weighted by Gasteiger charge is -2.09. The molecule has 0 aliphatic carbocycles. The van der Waals surface area contributed by atoms with Gasteiger partial charge in [0.05, 0.1) is 5.56 Å². The molecule has 0 atom stereocenters. The number of pyridine rings is 1. The number of carbonyl (C=O) groups is 1. The number of halogens is 1. The Morgan fingerprint density at radius 3 is 2.72 bits per heavy atom. The SMILES string of the molecule is CC(=O)c1cc(N)ccc1Oc1ccc(Br)cn1. The second-order valence-corrected chi connectivity index (χ2v) is 4.64. The largest absolute Gasteiger partial charge is 0.438 e. The van der Waals surface area contributed by atoms with E-state index in [4.69, 9.17) is 10.5 Å². The molecule has 1 heterocycles. The van der Waals surface area contributed by atoms with Gasteiger partial charge in [-0.05, 0) is 47.1 Å². The smallest absolute Gasteiger partial charge is 0.219 e. The first-order valence-corrected chi connectivity index (χ1v) is 6.05. The average Bonchev–Trinajstić information content (AvgIpc) is 2.34. The van der Waals surface area contributed by atoms with E-state index in [1.54, 1.807) is 30.5 Å². The summed E-state index contributed by atoms with van der Waals surface area (Å²) in [5.74, 6) is 0.770. The van der Waals surface area contributed by atoms with Gasteiger partial charge in [0.1, 0.15) is 5.75 Å². The number of aromatic nitrogens is 1. The summed E-state index contributed by atoms with van der Waals surface area (Å²) in [6.45, 7) is 1.47. The second-order valence-electron chi connectivity index (χ2n) is 3.73. The first kappa shape index (κ1) is 12.6. The third kappa shape index (κ3) is 2.87. The molecule has 0 bridgehead atoms. The highest BCUT2D eigenvalue weighted by molar-refractivity contribution is 9.10. The number of hydrogen-bond donors (Lipinski definition) is 1. The molecule has 1 aromatic heterocycles. The van der Waals surface area contributed by atoms with Gasteiger partial charge in [0.25, 0.3) is 0 Å². The van der Waals surface area contributed by atoms with Gasteiger partial charge < -0.3 is 10.5 Å². The molecule has 0 aliphatic rings. The Kier molecular flexibility index (Phi) is 3.62. The molecule has 2 rings (SSSR count). The summed E-state index contributed by atoms with van der Waals surface area (Å²) in [5, 5.41) is 0. The molecule has 0 amide bonds. The average molecular weight is 307 g/mol. The molecule has 0 saturated heterocycles. The number of benzene rings is 1. The maximum Gasteiger partial charge on any atom is 0.219 e. The van der Waals surface area contributed by atoms with Gasteiger partial charge in [0.2, 0.25) is 5.88 Å². The minimum absolute atomic E-state index is 0.102. The molecule has 1 aromatic carbocycles. The van der Waals surface area contributed by atoms with Crippen LogP contribution < -0.4 is 10.5 Å². The second kappa shape index (κ2) is 5.18. The number of carbonyl (C=O) groups excluding carboxylic acids is 1. The van der Waals surface area contributed by atoms with E-state index in [0.717, 1.165) is 4.47 Å². The quantitative estimate of drug-likeness (QED) is 0.697. The number of nitrogen functional groups attached to an aromatic ring is 1. The van der Waals surface area contributed by atoms with Crippen molar-refractivity contribution >= 4 is 27.4 Å². The van der Waals surface area contributed by atoms with Gasteiger partial charge in [-0.1, -0.05) is 0 Å². The summed E-state index contributed by atoms with van der Waals surface area (Å²) in [6.07, 6.45) is 1.63. The summed E-state index contributed by atoms with van der Waals surface area (Å²) in [5.41, 5.74) is 6.62. The molecule has 0 saturated carbocycles. The van der Waals surface area contributed by atoms with Gasteiger partial charge in [-0.15, -0.1) is 0 Å². The van der Waals surface area contributed by atoms with E-state index < -0.39 is 0 Å². The Balaban J connectivity index is 2.34. The Morgan fingerprint density at radius 2 is 2.11 bits per heavy atom. The third-order valence-corrected chi connectivity index (χ3v) is 2.77. The number of rotatable bonds is 3. The first-order valence-electron chi connectivity index (χ1n) is 5.26. The molecular weight excluding hydrogens is 296 g/mol. The highest BCUT2D eigenvalue weighted by Crippen LogP contribution is 2.26. The van der Waals surface area contributed by atoms with Crippen LogP contribution in [-0.4, -0.2) is 10.8 Å². The minimum Gasteiger partial charge on any atom is -0.438 e. The lowest BCUT2D eigenvalue weighted by Crippen LogP contribution is -1.99. The van der Waals surface area contributed by atoms with Crippen molar-refractivity contribution in [2.24, 2.45) is 0 Å². The van der Waals surface area contributed by atoms with Gasteiger partial charge in [-0.3, -0.25) is 4.79 Å². The summed E-state index contributed by atoms with van der Waals surface area (Å²) < 4.78 is 6.43. The number of hydrogen-bond acceptors (Lipinski definition) is 4. The van der Waals surface area contributed by atoms with Gasteiger partial charge >= 0.3 is 0 Å². The fraction of sp³-hybridized carbons (Fsp3) is 0.0769. The highest BCUT2D eigenvalue weighted by atomic mass is 79.9. The highest BCUT2D eigenvalue weighted by Gasteiger charge is 2.10. The number of Topliss-reactive ketones (excluding diaryl/α,β-unsaturated/α-hetero) is 1. The lowest BCUT2D eigenvalue weighted by atomic mass is 10.1. The molecule has 0 spiro atoms. The van der Waals surface area contributed by atoms with Crippen LogP contribution in [0, 0.1) is 0 Å². The van der Waals surface area contributed by atoms with Gasteiger partial charge in [0, 0.05) is 22.4 Å². The Hall–Kier alpha value is -1.88. The van der Waals surface area contributed by atoms with Crippen molar-refractivity contribution in [1.82, 2.24) is 4.98 Å². The van der Waals surface area contributed by atoms with E-state index >= 15 is 0 Å². The van der Waals surface area contributed by atoms with Gasteiger partial charge in [-0.2, -0.15) is 0 Å². The molecule has 0 radical (unpaired) electrons. The normalized spacial score (nSPS) is 10.1. The predicted octanol–water partition coefficient (Wildman–Crippen LogP) is 3.42. The van der Waals surface area contributed by atoms with E-state index in [-0.39, 0.29) is 5.78 Å². The Bertz CT molecular complexity index is 582. The zero-order valence-corrected chi connectivity index (χ0v) is 11.3. The minimum atomic E-state index is -0.102. The van der Waals surface area contributed by atoms with Crippen molar-refractivity contribution in [3.05, 3.63) is 46.6 Å². The molecule has 4 nitrogen and oxygen atoms in total. The van der Waals surface area contributed by atoms with Crippen LogP contribution >= 0.6 is 15.9 Å². The molecular formula is C13H11BrN2O2. The first-order chi connectivity index (χ1) is 8.56. The van der Waals surface area contributed by atoms with Crippen LogP contribution in [0.2, 0.25) is 0 Å². The molecule has 2 N–H and O–H groups in total. The topological polar surface area (TPSA) is 65.2 Å². The monoisotopic (exact) mass is 306 g/mol. The molecule has 5 heteroatoms. The van der Waals surface area contributed by atoms with E-state index in [1.807, 2.05) is 6.07 Å². The van der Waals surface area contributed by atoms with Crippen LogP contribution in [0.1, 0.15) is 17.3 Å². The third-order valence-electron chi connectivity index (χ3n) is 2.30. The number of nitrogens with zero attached hydrogens (tertiary/aromatic N) is 1. The van der Waals surface area contributed by atoms with Crippen molar-refractivity contribution < 1.29 is 9.53 Å². The van der Waals surface area contributed by atoms with Crippen molar-refractivity contribution in [3.63, 3.8) is 0 Å². The maximum absolute atomic E-state index is 11.5. The van der Waals surface area contributed by atoms with Crippen molar-refractivity contribution in [1.29, 1.82) is 0 Å². The van der Waals surface area contributed by atoms with Crippen molar-refractivity contribution in [2.75, 3.05) is 5.73 Å². The predicted molar refractivity (Wildman–Crippen MR) is 72.9 cm³/mol. The summed E-state index contributed by atoms with van der Waals surface area (Å²) in [6, 6.07) is 8.46. The van der Waals surface area contributed by atoms with Crippen LogP contribution in [0.25, 0.3) is 0 Å². The zero-order chi connectivity index (χ0) is 13.1. The zero-order valence-electron chi connectivity index (χ0n) is 9.68. The molecule has 0 aliphatic heterocycles. The van der Waals surface area contributed by atoms with E-state index in [1.165, 1.54) is 6.92 Å². The van der Waals surface area contributed by atoms with Crippen LogP contribution in [0.4, 0.5) is 5.69 Å². The van der Waals surface area contributed by atoms with E-state index in [2.05, 4.69) is 20.9 Å². The van der Waals surface area contributed by atoms with Crippen LogP contribution in [0.3, 0.4) is 0 Å². The fourth-order valence-electron chi connectivity index (χ4n) is 1.45. The van der Waals surface area contributed by atoms with Crippen molar-refractivity contribution in [3.8, 4) is 11.6 Å². The van der Waals surface area contributed by atoms with Crippen LogP contribution in [0.5, 0.6) is 11.6 Å². The maximum atomic E-state index is 11.5. The standard InChI is InChI=1S/C13H11BrN2O2/c1-8(17)11-6-10(15)3-4-12(11)18-13-5-2-9(14)7-16-13/h2-7H,15H2,1H3. The van der Waals surface area contributed by atoms with Gasteiger partial charge in [0.15, 0.2) is 5.78 Å². The number of nitrogens with two attached hydrogens (primary N) is 1. The summed E-state index contributed by atoms with van der Waals surface area (Å²) >= 11 is 3.29. The van der Waals surface area contributed by atoms with E-state index in [0.29, 0.717) is 22.9 Å². The summed E-state index contributed by atoms with van der Waals surface area (Å²) in [7, 11) is 0. The molecule has 0 fully saturated rings. The fourth-order valence-corrected chi connectivity index (χ4v) is 1.68. The molecule has 18 heavy (non-hydrogen) atoms. The number of anilines is 1. The molecule has 92 valence electrons. The van der Waals surface area contributed by atoms with E-state index in [9.17, 15) is 4.79 Å². The summed E-state index contributed by atoms with van der Waals surface area (Å²) in [4.78, 5) is 15.6. The number of ketones is 1. The Morgan fingerprint density at radius 1 is 1.33 bits per heavy atom. The molecule has 2 aromatic rings. The lowest BCUT2D eigenvalue weighted by molar-refractivity contribution is 0.101. The van der Waals surface area contributed by atoms with Gasteiger partial charge in [-0.25, -0.2) is 4.98 Å². The van der Waals surface area contributed by atoms with Crippen LogP contribution in [0.15, 0.2) is 41.0 Å².